The molecule has 1 aromatic carbocycles. The SMILES string of the molecule is CCCNC(C)CCOc1cccc(C(C)(C)C)c1. The van der Waals surface area contributed by atoms with Gasteiger partial charge in [-0.2, -0.15) is 0 Å². The normalized spacial score (nSPS) is 13.3. The first-order valence-corrected chi connectivity index (χ1v) is 7.40. The van der Waals surface area contributed by atoms with Crippen LogP contribution in [0.15, 0.2) is 24.3 Å². The Kier molecular flexibility index (Phi) is 6.36. The summed E-state index contributed by atoms with van der Waals surface area (Å²) in [6, 6.07) is 8.96. The van der Waals surface area contributed by atoms with E-state index in [1.807, 2.05) is 6.07 Å². The van der Waals surface area contributed by atoms with Crippen LogP contribution in [0.5, 0.6) is 5.75 Å². The van der Waals surface area contributed by atoms with Gasteiger partial charge in [0.15, 0.2) is 0 Å². The lowest BCUT2D eigenvalue weighted by atomic mass is 9.87. The van der Waals surface area contributed by atoms with E-state index in [4.69, 9.17) is 4.74 Å². The smallest absolute Gasteiger partial charge is 0.119 e. The van der Waals surface area contributed by atoms with E-state index in [0.717, 1.165) is 25.3 Å². The summed E-state index contributed by atoms with van der Waals surface area (Å²) in [4.78, 5) is 0. The van der Waals surface area contributed by atoms with Crippen LogP contribution in [-0.2, 0) is 5.41 Å². The van der Waals surface area contributed by atoms with Gasteiger partial charge >= 0.3 is 0 Å². The van der Waals surface area contributed by atoms with Crippen LogP contribution >= 0.6 is 0 Å². The Bertz CT molecular complexity index is 368. The van der Waals surface area contributed by atoms with Crippen LogP contribution in [0.25, 0.3) is 0 Å². The molecule has 1 N–H and O–H groups in total. The van der Waals surface area contributed by atoms with Gasteiger partial charge in [-0.3, -0.25) is 0 Å². The molecule has 1 aromatic rings. The highest BCUT2D eigenvalue weighted by atomic mass is 16.5. The third-order valence-electron chi connectivity index (χ3n) is 3.26. The molecule has 2 heteroatoms. The highest BCUT2D eigenvalue weighted by Crippen LogP contribution is 2.25. The molecule has 0 heterocycles. The van der Waals surface area contributed by atoms with Crippen LogP contribution in [0, 0.1) is 0 Å². The van der Waals surface area contributed by atoms with Gasteiger partial charge in [0.25, 0.3) is 0 Å². The Hall–Kier alpha value is -1.02. The van der Waals surface area contributed by atoms with Crippen molar-refractivity contribution in [1.29, 1.82) is 0 Å². The summed E-state index contributed by atoms with van der Waals surface area (Å²) in [5.41, 5.74) is 1.50. The molecule has 0 radical (unpaired) electrons. The largest absolute Gasteiger partial charge is 0.494 e. The van der Waals surface area contributed by atoms with Crippen molar-refractivity contribution in [2.75, 3.05) is 13.2 Å². The first-order chi connectivity index (χ1) is 8.93. The maximum atomic E-state index is 5.85. The lowest BCUT2D eigenvalue weighted by molar-refractivity contribution is 0.289. The topological polar surface area (TPSA) is 21.3 Å². The van der Waals surface area contributed by atoms with Gasteiger partial charge in [0.2, 0.25) is 0 Å². The highest BCUT2D eigenvalue weighted by molar-refractivity contribution is 5.32. The lowest BCUT2D eigenvalue weighted by Crippen LogP contribution is -2.28. The van der Waals surface area contributed by atoms with Crippen molar-refractivity contribution in [1.82, 2.24) is 5.32 Å². The van der Waals surface area contributed by atoms with E-state index in [9.17, 15) is 0 Å². The zero-order valence-electron chi connectivity index (χ0n) is 13.1. The maximum absolute atomic E-state index is 5.85. The summed E-state index contributed by atoms with van der Waals surface area (Å²) in [5.74, 6) is 0.982. The summed E-state index contributed by atoms with van der Waals surface area (Å²) < 4.78 is 5.85. The third-order valence-corrected chi connectivity index (χ3v) is 3.26. The fraction of sp³-hybridized carbons (Fsp3) is 0.647. The minimum atomic E-state index is 0.176. The van der Waals surface area contributed by atoms with Crippen molar-refractivity contribution < 1.29 is 4.74 Å². The van der Waals surface area contributed by atoms with Gasteiger partial charge in [0, 0.05) is 6.04 Å². The molecule has 0 saturated heterocycles. The van der Waals surface area contributed by atoms with Crippen LogP contribution in [-0.4, -0.2) is 19.2 Å². The molecule has 0 bridgehead atoms. The van der Waals surface area contributed by atoms with Crippen LogP contribution in [0.2, 0.25) is 0 Å². The molecule has 0 spiro atoms. The molecule has 0 fully saturated rings. The quantitative estimate of drug-likeness (QED) is 0.798. The van der Waals surface area contributed by atoms with Gasteiger partial charge < -0.3 is 10.1 Å². The Morgan fingerprint density at radius 1 is 1.26 bits per heavy atom. The van der Waals surface area contributed by atoms with Crippen LogP contribution in [0.3, 0.4) is 0 Å². The molecule has 0 aliphatic rings. The van der Waals surface area contributed by atoms with Crippen LogP contribution in [0.1, 0.15) is 53.0 Å². The Morgan fingerprint density at radius 3 is 2.63 bits per heavy atom. The first-order valence-electron chi connectivity index (χ1n) is 7.40. The Labute approximate surface area is 118 Å². The molecule has 1 atom stereocenters. The van der Waals surface area contributed by atoms with Crippen molar-refractivity contribution in [3.8, 4) is 5.75 Å². The molecule has 0 aromatic heterocycles. The zero-order chi connectivity index (χ0) is 14.3. The average Bonchev–Trinajstić information content (AvgIpc) is 2.36. The fourth-order valence-electron chi connectivity index (χ4n) is 1.90. The number of benzene rings is 1. The molecular weight excluding hydrogens is 234 g/mol. The van der Waals surface area contributed by atoms with Crippen molar-refractivity contribution in [3.63, 3.8) is 0 Å². The molecule has 108 valence electrons. The predicted molar refractivity (Wildman–Crippen MR) is 83.0 cm³/mol. The summed E-state index contributed by atoms with van der Waals surface area (Å²) in [5, 5.41) is 3.47. The number of hydrogen-bond acceptors (Lipinski definition) is 2. The molecule has 2 nitrogen and oxygen atoms in total. The molecule has 1 unspecified atom stereocenters. The molecule has 0 aliphatic heterocycles. The zero-order valence-corrected chi connectivity index (χ0v) is 13.1. The van der Waals surface area contributed by atoms with E-state index in [1.165, 1.54) is 12.0 Å². The van der Waals surface area contributed by atoms with E-state index in [1.54, 1.807) is 0 Å². The number of rotatable bonds is 7. The van der Waals surface area contributed by atoms with Gasteiger partial charge in [-0.25, -0.2) is 0 Å². The van der Waals surface area contributed by atoms with Gasteiger partial charge in [0.05, 0.1) is 6.61 Å². The molecule has 1 rings (SSSR count). The van der Waals surface area contributed by atoms with E-state index in [-0.39, 0.29) is 5.41 Å². The van der Waals surface area contributed by atoms with Gasteiger partial charge in [-0.15, -0.1) is 0 Å². The molecule has 0 saturated carbocycles. The van der Waals surface area contributed by atoms with Crippen molar-refractivity contribution in [2.45, 2.75) is 58.9 Å². The van der Waals surface area contributed by atoms with Crippen LogP contribution in [0.4, 0.5) is 0 Å². The van der Waals surface area contributed by atoms with E-state index in [0.29, 0.717) is 6.04 Å². The fourth-order valence-corrected chi connectivity index (χ4v) is 1.90. The number of nitrogens with one attached hydrogen (secondary N) is 1. The van der Waals surface area contributed by atoms with E-state index in [2.05, 4.69) is 58.1 Å². The number of ether oxygens (including phenoxy) is 1. The molecular formula is C17H29NO. The lowest BCUT2D eigenvalue weighted by Gasteiger charge is -2.20. The predicted octanol–water partition coefficient (Wildman–Crippen LogP) is 4.14. The Balaban J connectivity index is 2.41. The maximum Gasteiger partial charge on any atom is 0.119 e. The monoisotopic (exact) mass is 263 g/mol. The molecule has 19 heavy (non-hydrogen) atoms. The third kappa shape index (κ3) is 6.11. The second kappa shape index (κ2) is 7.54. The van der Waals surface area contributed by atoms with Gasteiger partial charge in [0.1, 0.15) is 5.75 Å². The van der Waals surface area contributed by atoms with Crippen molar-refractivity contribution in [3.05, 3.63) is 29.8 Å². The van der Waals surface area contributed by atoms with Crippen molar-refractivity contribution >= 4 is 0 Å². The highest BCUT2D eigenvalue weighted by Gasteiger charge is 2.13. The summed E-state index contributed by atoms with van der Waals surface area (Å²) in [6.45, 7) is 12.9. The number of hydrogen-bond donors (Lipinski definition) is 1. The van der Waals surface area contributed by atoms with E-state index >= 15 is 0 Å². The molecule has 0 aliphatic carbocycles. The van der Waals surface area contributed by atoms with Crippen molar-refractivity contribution in [2.24, 2.45) is 0 Å². The van der Waals surface area contributed by atoms with E-state index < -0.39 is 0 Å². The van der Waals surface area contributed by atoms with Crippen LogP contribution < -0.4 is 10.1 Å². The minimum Gasteiger partial charge on any atom is -0.494 e. The molecule has 0 amide bonds. The first kappa shape index (κ1) is 16.0. The van der Waals surface area contributed by atoms with Gasteiger partial charge in [-0.1, -0.05) is 39.8 Å². The summed E-state index contributed by atoms with van der Waals surface area (Å²) >= 11 is 0. The second-order valence-corrected chi connectivity index (χ2v) is 6.27. The summed E-state index contributed by atoms with van der Waals surface area (Å²) in [7, 11) is 0. The standard InChI is InChI=1S/C17H29NO/c1-6-11-18-14(2)10-12-19-16-9-7-8-15(13-16)17(3,4)5/h7-9,13-14,18H,6,10-12H2,1-5H3. The van der Waals surface area contributed by atoms with Gasteiger partial charge in [-0.05, 0) is 49.4 Å². The Morgan fingerprint density at radius 2 is 2.00 bits per heavy atom. The average molecular weight is 263 g/mol. The minimum absolute atomic E-state index is 0.176. The summed E-state index contributed by atoms with van der Waals surface area (Å²) in [6.07, 6.45) is 2.22. The second-order valence-electron chi connectivity index (χ2n) is 6.27.